The number of hydrogen-bond donors (Lipinski definition) is 0. The Morgan fingerprint density at radius 1 is 0.960 bits per heavy atom. The van der Waals surface area contributed by atoms with E-state index in [9.17, 15) is 22.0 Å². The zero-order valence-electron chi connectivity index (χ0n) is 14.4. The largest absolute Gasteiger partial charge is 0.453 e. The summed E-state index contributed by atoms with van der Waals surface area (Å²) in [4.78, 5) is 0. The van der Waals surface area contributed by atoms with E-state index in [-0.39, 0.29) is 11.8 Å². The van der Waals surface area contributed by atoms with Crippen molar-refractivity contribution in [2.24, 2.45) is 17.3 Å². The number of allylic oxidation sites excluding steroid dienone is 4. The van der Waals surface area contributed by atoms with E-state index in [1.165, 1.54) is 16.7 Å². The maximum atomic E-state index is 13.9. The summed E-state index contributed by atoms with van der Waals surface area (Å²) >= 11 is 0. The molecule has 5 heteroatoms. The molecule has 0 N–H and O–H groups in total. The third-order valence-corrected chi connectivity index (χ3v) is 7.31. The van der Waals surface area contributed by atoms with Crippen molar-refractivity contribution in [1.29, 1.82) is 0 Å². The molecule has 0 aromatic carbocycles. The van der Waals surface area contributed by atoms with Crippen LogP contribution in [0.15, 0.2) is 22.8 Å². The standard InChI is InChI=1S/C20H25F5/c21-19(22,20(23,24)25)12-18-10-3-6-17(18)16-8-7-13-4-1-2-5-14(13)15(16)9-11-18/h4,16-17H,1-3,5-12H2/t16-,17+,18+/m1/s1. The Labute approximate surface area is 145 Å². The molecule has 0 unspecified atom stereocenters. The van der Waals surface area contributed by atoms with Gasteiger partial charge < -0.3 is 0 Å². The van der Waals surface area contributed by atoms with Crippen LogP contribution in [-0.4, -0.2) is 12.1 Å². The lowest BCUT2D eigenvalue weighted by Gasteiger charge is -2.50. The molecule has 25 heavy (non-hydrogen) atoms. The molecule has 0 bridgehead atoms. The molecule has 4 aliphatic carbocycles. The molecule has 0 heterocycles. The minimum Gasteiger partial charge on any atom is -0.196 e. The van der Waals surface area contributed by atoms with Crippen molar-refractivity contribution >= 4 is 0 Å². The van der Waals surface area contributed by atoms with Crippen LogP contribution in [0.4, 0.5) is 22.0 Å². The second-order valence-electron chi connectivity index (χ2n) is 8.51. The van der Waals surface area contributed by atoms with Gasteiger partial charge in [-0.05, 0) is 86.2 Å². The van der Waals surface area contributed by atoms with Gasteiger partial charge in [0.25, 0.3) is 0 Å². The lowest BCUT2D eigenvalue weighted by Crippen LogP contribution is -2.47. The van der Waals surface area contributed by atoms with Gasteiger partial charge in [-0.3, -0.25) is 0 Å². The summed E-state index contributed by atoms with van der Waals surface area (Å²) in [6.45, 7) is 0. The maximum absolute atomic E-state index is 13.9. The quantitative estimate of drug-likeness (QED) is 0.466. The van der Waals surface area contributed by atoms with E-state index in [1.807, 2.05) is 0 Å². The fourth-order valence-corrected chi connectivity index (χ4v) is 6.29. The van der Waals surface area contributed by atoms with Gasteiger partial charge in [0.15, 0.2) is 0 Å². The topological polar surface area (TPSA) is 0 Å². The van der Waals surface area contributed by atoms with E-state index < -0.39 is 23.9 Å². The highest BCUT2D eigenvalue weighted by Crippen LogP contribution is 2.64. The van der Waals surface area contributed by atoms with E-state index in [0.29, 0.717) is 12.8 Å². The summed E-state index contributed by atoms with van der Waals surface area (Å²) in [5, 5.41) is 0. The minimum atomic E-state index is -5.43. The van der Waals surface area contributed by atoms with Crippen molar-refractivity contribution in [1.82, 2.24) is 0 Å². The molecule has 3 atom stereocenters. The summed E-state index contributed by atoms with van der Waals surface area (Å²) in [5.41, 5.74) is 3.47. The lowest BCUT2D eigenvalue weighted by molar-refractivity contribution is -0.295. The molecule has 0 nitrogen and oxygen atoms in total. The number of rotatable bonds is 2. The third kappa shape index (κ3) is 2.76. The zero-order valence-corrected chi connectivity index (χ0v) is 14.4. The SMILES string of the molecule is FC(F)(F)C(F)(F)C[C@@]12CCC[C@H]1[C@@H]1CCC3=CCCCC3=C1CC2. The Kier molecular flexibility index (Phi) is 4.08. The zero-order chi connectivity index (χ0) is 17.9. The molecule has 4 rings (SSSR count). The molecule has 0 aromatic heterocycles. The van der Waals surface area contributed by atoms with Gasteiger partial charge in [0.05, 0.1) is 0 Å². The fraction of sp³-hybridized carbons (Fsp3) is 0.800. The van der Waals surface area contributed by atoms with E-state index in [4.69, 9.17) is 0 Å². The van der Waals surface area contributed by atoms with Crippen LogP contribution in [0.1, 0.15) is 70.6 Å². The summed E-state index contributed by atoms with van der Waals surface area (Å²) in [6.07, 6.45) is 4.48. The van der Waals surface area contributed by atoms with Crippen LogP contribution >= 0.6 is 0 Å². The van der Waals surface area contributed by atoms with E-state index >= 15 is 0 Å². The molecule has 0 aromatic rings. The average molecular weight is 360 g/mol. The summed E-state index contributed by atoms with van der Waals surface area (Å²) in [7, 11) is 0. The Bertz CT molecular complexity index is 612. The van der Waals surface area contributed by atoms with Crippen LogP contribution in [0.2, 0.25) is 0 Å². The van der Waals surface area contributed by atoms with Crippen molar-refractivity contribution in [3.05, 3.63) is 22.8 Å². The van der Waals surface area contributed by atoms with E-state index in [0.717, 1.165) is 51.4 Å². The predicted octanol–water partition coefficient (Wildman–Crippen LogP) is 6.97. The van der Waals surface area contributed by atoms with Crippen molar-refractivity contribution in [2.75, 3.05) is 0 Å². The first-order valence-electron chi connectivity index (χ1n) is 9.59. The van der Waals surface area contributed by atoms with Crippen molar-refractivity contribution in [3.63, 3.8) is 0 Å². The Balaban J connectivity index is 1.65. The predicted molar refractivity (Wildman–Crippen MR) is 86.3 cm³/mol. The monoisotopic (exact) mass is 360 g/mol. The fourth-order valence-electron chi connectivity index (χ4n) is 6.29. The molecule has 2 fully saturated rings. The van der Waals surface area contributed by atoms with Crippen molar-refractivity contribution in [2.45, 2.75) is 82.7 Å². The van der Waals surface area contributed by atoms with Crippen LogP contribution in [0.25, 0.3) is 0 Å². The van der Waals surface area contributed by atoms with Gasteiger partial charge >= 0.3 is 12.1 Å². The van der Waals surface area contributed by atoms with Gasteiger partial charge in [-0.25, -0.2) is 0 Å². The smallest absolute Gasteiger partial charge is 0.196 e. The summed E-state index contributed by atoms with van der Waals surface area (Å²) in [5.74, 6) is -4.31. The first-order valence-corrected chi connectivity index (χ1v) is 9.59. The number of halogens is 5. The second kappa shape index (κ2) is 5.82. The van der Waals surface area contributed by atoms with Gasteiger partial charge in [-0.1, -0.05) is 18.1 Å². The maximum Gasteiger partial charge on any atom is 0.453 e. The molecule has 0 amide bonds. The van der Waals surface area contributed by atoms with Crippen LogP contribution in [0.3, 0.4) is 0 Å². The van der Waals surface area contributed by atoms with Crippen LogP contribution in [0.5, 0.6) is 0 Å². The van der Waals surface area contributed by atoms with Gasteiger partial charge in [-0.2, -0.15) is 22.0 Å². The molecular formula is C20H25F5. The summed E-state index contributed by atoms with van der Waals surface area (Å²) in [6, 6.07) is 0. The van der Waals surface area contributed by atoms with Gasteiger partial charge in [0.2, 0.25) is 0 Å². The molecule has 0 radical (unpaired) electrons. The minimum absolute atomic E-state index is 0.0143. The van der Waals surface area contributed by atoms with Crippen molar-refractivity contribution in [3.8, 4) is 0 Å². The Morgan fingerprint density at radius 3 is 2.52 bits per heavy atom. The highest BCUT2D eigenvalue weighted by molar-refractivity contribution is 5.42. The lowest BCUT2D eigenvalue weighted by atomic mass is 9.55. The molecular weight excluding hydrogens is 335 g/mol. The first kappa shape index (κ1) is 17.5. The van der Waals surface area contributed by atoms with Gasteiger partial charge in [0.1, 0.15) is 0 Å². The van der Waals surface area contributed by atoms with Gasteiger partial charge in [0, 0.05) is 6.42 Å². The molecule has 0 spiro atoms. The molecule has 0 aliphatic heterocycles. The van der Waals surface area contributed by atoms with E-state index in [2.05, 4.69) is 6.08 Å². The second-order valence-corrected chi connectivity index (χ2v) is 8.51. The van der Waals surface area contributed by atoms with E-state index in [1.54, 1.807) is 0 Å². The highest BCUT2D eigenvalue weighted by atomic mass is 19.4. The first-order chi connectivity index (χ1) is 11.7. The van der Waals surface area contributed by atoms with Gasteiger partial charge in [-0.15, -0.1) is 0 Å². The molecule has 4 aliphatic rings. The van der Waals surface area contributed by atoms with Crippen LogP contribution < -0.4 is 0 Å². The van der Waals surface area contributed by atoms with Crippen LogP contribution in [0, 0.1) is 17.3 Å². The van der Waals surface area contributed by atoms with Crippen LogP contribution in [-0.2, 0) is 0 Å². The number of alkyl halides is 5. The number of hydrogen-bond acceptors (Lipinski definition) is 0. The Morgan fingerprint density at radius 2 is 1.76 bits per heavy atom. The van der Waals surface area contributed by atoms with Crippen molar-refractivity contribution < 1.29 is 22.0 Å². The highest BCUT2D eigenvalue weighted by Gasteiger charge is 2.63. The third-order valence-electron chi connectivity index (χ3n) is 7.31. The molecule has 140 valence electrons. The molecule has 0 saturated heterocycles. The molecule has 2 saturated carbocycles. The summed E-state index contributed by atoms with van der Waals surface area (Å²) < 4.78 is 66.3. The normalized spacial score (nSPS) is 35.8. The average Bonchev–Trinajstić information content (AvgIpc) is 2.96. The number of fused-ring (bicyclic) bond motifs is 4. The Hall–Kier alpha value is -0.870.